The number of esters is 2. The number of fused-ring (bicyclic) bond motifs is 2. The Morgan fingerprint density at radius 1 is 1.07 bits per heavy atom. The van der Waals surface area contributed by atoms with Gasteiger partial charge >= 0.3 is 11.9 Å². The van der Waals surface area contributed by atoms with Crippen LogP contribution in [0.1, 0.15) is 49.1 Å². The molecule has 1 aliphatic rings. The zero-order valence-electron chi connectivity index (χ0n) is 22.2. The number of nitrogens with one attached hydrogen (secondary N) is 2. The first kappa shape index (κ1) is 26.4. The Balaban J connectivity index is 1.13. The van der Waals surface area contributed by atoms with Gasteiger partial charge < -0.3 is 19.8 Å². The summed E-state index contributed by atoms with van der Waals surface area (Å²) in [5.74, 6) is -0.711. The number of hydrogen-bond donors (Lipinski definition) is 2. The second-order valence-corrected chi connectivity index (χ2v) is 10.8. The highest BCUT2D eigenvalue weighted by Crippen LogP contribution is 2.42. The number of hydrogen-bond acceptors (Lipinski definition) is 8. The number of methoxy groups -OCH3 is 1. The number of benzene rings is 2. The van der Waals surface area contributed by atoms with Crippen LogP contribution in [0.2, 0.25) is 0 Å². The summed E-state index contributed by atoms with van der Waals surface area (Å²) in [5, 5.41) is 3.19. The number of H-pyrrole nitrogens is 1. The number of imidazole rings is 1. The van der Waals surface area contributed by atoms with Crippen LogP contribution in [-0.4, -0.2) is 46.5 Å². The van der Waals surface area contributed by atoms with Gasteiger partial charge in [0.1, 0.15) is 10.8 Å². The van der Waals surface area contributed by atoms with Crippen molar-refractivity contribution in [3.05, 3.63) is 100 Å². The van der Waals surface area contributed by atoms with Crippen LogP contribution < -0.4 is 5.32 Å². The van der Waals surface area contributed by atoms with Gasteiger partial charge in [-0.3, -0.25) is 9.78 Å². The average Bonchev–Trinajstić information content (AvgIpc) is 3.60. The Bertz CT molecular complexity index is 1750. The van der Waals surface area contributed by atoms with E-state index < -0.39 is 24.5 Å². The largest absolute Gasteiger partial charge is 0.465 e. The summed E-state index contributed by atoms with van der Waals surface area (Å²) < 4.78 is 10.3. The van der Waals surface area contributed by atoms with Crippen LogP contribution in [0.4, 0.5) is 5.00 Å². The minimum atomic E-state index is -0.649. The number of amides is 1. The van der Waals surface area contributed by atoms with Crippen molar-refractivity contribution in [1.29, 1.82) is 0 Å². The van der Waals surface area contributed by atoms with Gasteiger partial charge in [0.2, 0.25) is 0 Å². The quantitative estimate of drug-likeness (QED) is 0.248. The van der Waals surface area contributed by atoms with Crippen LogP contribution in [0.3, 0.4) is 0 Å². The molecule has 0 aliphatic heterocycles. The molecule has 0 radical (unpaired) electrons. The topological polar surface area (TPSA) is 123 Å². The molecule has 0 fully saturated rings. The van der Waals surface area contributed by atoms with E-state index in [0.717, 1.165) is 28.8 Å². The Morgan fingerprint density at radius 3 is 2.71 bits per heavy atom. The van der Waals surface area contributed by atoms with Crippen molar-refractivity contribution in [1.82, 2.24) is 15.0 Å². The number of carbonyl (C=O) groups excluding carboxylic acids is 3. The summed E-state index contributed by atoms with van der Waals surface area (Å²) in [6.45, 7) is -0.503. The second-order valence-electron chi connectivity index (χ2n) is 9.73. The Morgan fingerprint density at radius 2 is 1.93 bits per heavy atom. The fraction of sp³-hybridized carbons (Fsp3) is 0.194. The third-order valence-electron chi connectivity index (χ3n) is 7.17. The predicted molar refractivity (Wildman–Crippen MR) is 155 cm³/mol. The molecule has 0 saturated heterocycles. The van der Waals surface area contributed by atoms with Crippen LogP contribution >= 0.6 is 11.3 Å². The highest BCUT2D eigenvalue weighted by molar-refractivity contribution is 7.17. The first-order valence-electron chi connectivity index (χ1n) is 13.1. The SMILES string of the molecule is COC(=O)c1c(NC(=O)COC(=O)c2ccc3nc(-c4cccnc4)[nH]c3c2)sc2c1CCC(c1ccccc1)C2. The molecular weight excluding hydrogens is 540 g/mol. The molecule has 5 aromatic rings. The molecule has 41 heavy (non-hydrogen) atoms. The summed E-state index contributed by atoms with van der Waals surface area (Å²) in [6, 6.07) is 18.9. The van der Waals surface area contributed by atoms with E-state index >= 15 is 0 Å². The molecule has 3 aromatic heterocycles. The van der Waals surface area contributed by atoms with Crippen molar-refractivity contribution in [2.45, 2.75) is 25.2 Å². The van der Waals surface area contributed by atoms with Gasteiger partial charge in [0.25, 0.3) is 5.91 Å². The molecule has 0 bridgehead atoms. The predicted octanol–water partition coefficient (Wildman–Crippen LogP) is 5.54. The minimum absolute atomic E-state index is 0.278. The standard InChI is InChI=1S/C31H26N4O5S/c1-39-31(38)27-22-11-9-19(18-6-3-2-4-7-18)15-25(22)41-29(27)35-26(36)17-40-30(37)20-10-12-23-24(14-20)34-28(33-23)21-8-5-13-32-16-21/h2-8,10,12-14,16,19H,9,11,15,17H2,1H3,(H,33,34)(H,35,36). The lowest BCUT2D eigenvalue weighted by Gasteiger charge is -2.22. The lowest BCUT2D eigenvalue weighted by atomic mass is 9.83. The lowest BCUT2D eigenvalue weighted by molar-refractivity contribution is -0.119. The number of carbonyl (C=O) groups is 3. The monoisotopic (exact) mass is 566 g/mol. The summed E-state index contributed by atoms with van der Waals surface area (Å²) in [5.41, 5.74) is 4.99. The van der Waals surface area contributed by atoms with Crippen molar-refractivity contribution in [2.75, 3.05) is 19.0 Å². The summed E-state index contributed by atoms with van der Waals surface area (Å²) in [4.78, 5) is 51.1. The van der Waals surface area contributed by atoms with E-state index in [1.54, 1.807) is 30.6 Å². The highest BCUT2D eigenvalue weighted by atomic mass is 32.1. The normalized spacial score (nSPS) is 14.3. The maximum absolute atomic E-state index is 12.8. The van der Waals surface area contributed by atoms with Crippen molar-refractivity contribution in [3.63, 3.8) is 0 Å². The summed E-state index contributed by atoms with van der Waals surface area (Å²) in [7, 11) is 1.32. The van der Waals surface area contributed by atoms with Gasteiger partial charge in [0, 0.05) is 22.8 Å². The first-order chi connectivity index (χ1) is 20.0. The average molecular weight is 567 g/mol. The van der Waals surface area contributed by atoms with E-state index in [0.29, 0.717) is 39.8 Å². The van der Waals surface area contributed by atoms with E-state index in [-0.39, 0.29) is 5.56 Å². The Hall–Kier alpha value is -4.83. The van der Waals surface area contributed by atoms with Crippen molar-refractivity contribution < 1.29 is 23.9 Å². The van der Waals surface area contributed by atoms with Crippen LogP contribution in [0.25, 0.3) is 22.4 Å². The number of thiophene rings is 1. The van der Waals surface area contributed by atoms with Crippen molar-refractivity contribution in [2.24, 2.45) is 0 Å². The van der Waals surface area contributed by atoms with Crippen LogP contribution in [0.15, 0.2) is 73.1 Å². The minimum Gasteiger partial charge on any atom is -0.465 e. The van der Waals surface area contributed by atoms with Gasteiger partial charge in [-0.1, -0.05) is 30.3 Å². The molecule has 2 aromatic carbocycles. The number of nitrogens with zero attached hydrogens (tertiary/aromatic N) is 2. The van der Waals surface area contributed by atoms with Crippen LogP contribution in [0, 0.1) is 0 Å². The first-order valence-corrected chi connectivity index (χ1v) is 14.0. The highest BCUT2D eigenvalue weighted by Gasteiger charge is 2.30. The van der Waals surface area contributed by atoms with Crippen molar-refractivity contribution >= 4 is 45.2 Å². The second kappa shape index (κ2) is 11.3. The fourth-order valence-electron chi connectivity index (χ4n) is 5.15. The van der Waals surface area contributed by atoms with Gasteiger partial charge in [-0.15, -0.1) is 11.3 Å². The molecule has 6 rings (SSSR count). The third kappa shape index (κ3) is 5.46. The molecule has 1 unspecified atom stereocenters. The van der Waals surface area contributed by atoms with E-state index in [2.05, 4.69) is 32.4 Å². The third-order valence-corrected chi connectivity index (χ3v) is 8.34. The molecular formula is C31H26N4O5S. The molecule has 9 nitrogen and oxygen atoms in total. The van der Waals surface area contributed by atoms with E-state index in [1.807, 2.05) is 30.3 Å². The Kier molecular flexibility index (Phi) is 7.30. The van der Waals surface area contributed by atoms with E-state index in [4.69, 9.17) is 9.47 Å². The zero-order valence-corrected chi connectivity index (χ0v) is 23.0. The van der Waals surface area contributed by atoms with E-state index in [1.165, 1.54) is 24.0 Å². The number of ether oxygens (including phenoxy) is 2. The number of pyridine rings is 1. The Labute approximate surface area is 239 Å². The molecule has 0 saturated carbocycles. The molecule has 1 aliphatic carbocycles. The molecule has 206 valence electrons. The maximum atomic E-state index is 12.8. The number of rotatable bonds is 7. The van der Waals surface area contributed by atoms with Gasteiger partial charge in [-0.25, -0.2) is 14.6 Å². The summed E-state index contributed by atoms with van der Waals surface area (Å²) in [6.07, 6.45) is 5.76. The fourth-order valence-corrected chi connectivity index (χ4v) is 6.49. The number of anilines is 1. The lowest BCUT2D eigenvalue weighted by Crippen LogP contribution is -2.22. The molecule has 1 amide bonds. The summed E-state index contributed by atoms with van der Waals surface area (Å²) >= 11 is 1.38. The maximum Gasteiger partial charge on any atom is 0.341 e. The number of aromatic amines is 1. The van der Waals surface area contributed by atoms with Gasteiger partial charge in [-0.2, -0.15) is 0 Å². The smallest absolute Gasteiger partial charge is 0.341 e. The van der Waals surface area contributed by atoms with Gasteiger partial charge in [0.05, 0.1) is 29.3 Å². The molecule has 0 spiro atoms. The van der Waals surface area contributed by atoms with Gasteiger partial charge in [0.15, 0.2) is 6.61 Å². The van der Waals surface area contributed by atoms with Crippen molar-refractivity contribution in [3.8, 4) is 11.4 Å². The molecule has 1 atom stereocenters. The number of aromatic nitrogens is 3. The van der Waals surface area contributed by atoms with Crippen LogP contribution in [0.5, 0.6) is 0 Å². The molecule has 2 N–H and O–H groups in total. The van der Waals surface area contributed by atoms with Crippen LogP contribution in [-0.2, 0) is 27.1 Å². The molecule has 3 heterocycles. The van der Waals surface area contributed by atoms with Gasteiger partial charge in [-0.05, 0) is 66.6 Å². The molecule has 10 heteroatoms. The van der Waals surface area contributed by atoms with E-state index in [9.17, 15) is 14.4 Å². The zero-order chi connectivity index (χ0) is 28.3.